The lowest BCUT2D eigenvalue weighted by Crippen LogP contribution is -2.29. The number of hydrogen-bond acceptors (Lipinski definition) is 6. The van der Waals surface area contributed by atoms with Crippen LogP contribution in [0.4, 0.5) is 0 Å². The molecule has 1 aliphatic heterocycles. The summed E-state index contributed by atoms with van der Waals surface area (Å²) < 4.78 is 28.4. The fourth-order valence-corrected chi connectivity index (χ4v) is 5.83. The minimum Gasteiger partial charge on any atom is -0.302 e. The summed E-state index contributed by atoms with van der Waals surface area (Å²) in [7, 11) is -1.62. The van der Waals surface area contributed by atoms with E-state index in [0.29, 0.717) is 10.7 Å². The van der Waals surface area contributed by atoms with Gasteiger partial charge in [0.05, 0.1) is 10.6 Å². The van der Waals surface area contributed by atoms with Gasteiger partial charge in [0, 0.05) is 30.8 Å². The van der Waals surface area contributed by atoms with Gasteiger partial charge in [0.2, 0.25) is 9.84 Å². The Bertz CT molecular complexity index is 1090. The third-order valence-corrected chi connectivity index (χ3v) is 7.38. The zero-order valence-corrected chi connectivity index (χ0v) is 16.6. The highest BCUT2D eigenvalue weighted by molar-refractivity contribution is 7.99. The van der Waals surface area contributed by atoms with Crippen molar-refractivity contribution in [3.8, 4) is 0 Å². The highest BCUT2D eigenvalue weighted by Gasteiger charge is 2.31. The Morgan fingerprint density at radius 1 is 1.19 bits per heavy atom. The molecule has 0 spiro atoms. The van der Waals surface area contributed by atoms with Crippen molar-refractivity contribution in [3.05, 3.63) is 47.3 Å². The van der Waals surface area contributed by atoms with Crippen LogP contribution in [0, 0.1) is 6.92 Å². The van der Waals surface area contributed by atoms with E-state index in [1.807, 2.05) is 13.2 Å². The van der Waals surface area contributed by atoms with Crippen molar-refractivity contribution in [2.45, 2.75) is 34.7 Å². The van der Waals surface area contributed by atoms with Gasteiger partial charge in [-0.25, -0.2) is 17.9 Å². The van der Waals surface area contributed by atoms with Crippen molar-refractivity contribution in [2.75, 3.05) is 19.8 Å². The number of rotatable bonds is 3. The van der Waals surface area contributed by atoms with Crippen LogP contribution in [-0.2, 0) is 22.8 Å². The Morgan fingerprint density at radius 2 is 1.92 bits per heavy atom. The van der Waals surface area contributed by atoms with Gasteiger partial charge in [0.15, 0.2) is 10.5 Å². The molecule has 0 radical (unpaired) electrons. The molecule has 6 nitrogen and oxygen atoms in total. The molecule has 3 heterocycles. The van der Waals surface area contributed by atoms with Crippen LogP contribution in [0.2, 0.25) is 0 Å². The molecule has 0 saturated heterocycles. The second-order valence-corrected chi connectivity index (χ2v) is 9.18. The van der Waals surface area contributed by atoms with E-state index in [0.717, 1.165) is 36.5 Å². The minimum atomic E-state index is -3.70. The fourth-order valence-electron chi connectivity index (χ4n) is 3.42. The highest BCUT2D eigenvalue weighted by Crippen LogP contribution is 2.34. The monoisotopic (exact) mass is 388 g/mol. The lowest BCUT2D eigenvalue weighted by Gasteiger charge is -2.26. The Labute approximate surface area is 157 Å². The summed E-state index contributed by atoms with van der Waals surface area (Å²) in [5.74, 6) is 0. The van der Waals surface area contributed by atoms with Gasteiger partial charge in [-0.1, -0.05) is 18.2 Å². The average molecular weight is 389 g/mol. The van der Waals surface area contributed by atoms with Gasteiger partial charge < -0.3 is 4.90 Å². The number of aryl methyl sites for hydroxylation is 1. The zero-order valence-electron chi connectivity index (χ0n) is 14.9. The van der Waals surface area contributed by atoms with Crippen molar-refractivity contribution < 1.29 is 8.42 Å². The molecule has 0 N–H and O–H groups in total. The third-order valence-electron chi connectivity index (χ3n) is 4.78. The molecular formula is C18H20N4O2S2. The summed E-state index contributed by atoms with van der Waals surface area (Å²) in [4.78, 5) is 7.38. The van der Waals surface area contributed by atoms with E-state index in [2.05, 4.69) is 22.0 Å². The minimum absolute atomic E-state index is 0.209. The van der Waals surface area contributed by atoms with Crippen molar-refractivity contribution in [3.63, 3.8) is 0 Å². The van der Waals surface area contributed by atoms with Crippen LogP contribution in [0.3, 0.4) is 0 Å². The summed E-state index contributed by atoms with van der Waals surface area (Å²) in [6.45, 7) is 3.67. The first kappa shape index (κ1) is 17.5. The molecule has 8 heteroatoms. The van der Waals surface area contributed by atoms with Crippen molar-refractivity contribution >= 4 is 27.2 Å². The maximum atomic E-state index is 13.3. The van der Waals surface area contributed by atoms with Gasteiger partial charge in [-0.2, -0.15) is 5.10 Å². The molecule has 1 aromatic carbocycles. The maximum absolute atomic E-state index is 13.3. The van der Waals surface area contributed by atoms with E-state index in [4.69, 9.17) is 0 Å². The molecule has 26 heavy (non-hydrogen) atoms. The number of hydrogen-bond donors (Lipinski definition) is 0. The Morgan fingerprint density at radius 3 is 2.62 bits per heavy atom. The third kappa shape index (κ3) is 2.64. The molecule has 0 aliphatic carbocycles. The van der Waals surface area contributed by atoms with E-state index in [-0.39, 0.29) is 9.79 Å². The van der Waals surface area contributed by atoms with Crippen molar-refractivity contribution in [1.82, 2.24) is 19.5 Å². The van der Waals surface area contributed by atoms with Crippen LogP contribution >= 0.6 is 11.8 Å². The van der Waals surface area contributed by atoms with E-state index >= 15 is 0 Å². The van der Waals surface area contributed by atoms with Crippen LogP contribution in [0.5, 0.6) is 0 Å². The number of fused-ring (bicyclic) bond motifs is 3. The smallest absolute Gasteiger partial charge is 0.213 e. The normalized spacial score (nSPS) is 15.3. The Balaban J connectivity index is 2.04. The van der Waals surface area contributed by atoms with E-state index in [1.54, 1.807) is 34.8 Å². The predicted molar refractivity (Wildman–Crippen MR) is 101 cm³/mol. The van der Waals surface area contributed by atoms with Gasteiger partial charge in [-0.3, -0.25) is 0 Å². The molecule has 1 aliphatic rings. The molecular weight excluding hydrogens is 368 g/mol. The molecule has 0 unspecified atom stereocenters. The van der Waals surface area contributed by atoms with Gasteiger partial charge >= 0.3 is 0 Å². The lowest BCUT2D eigenvalue weighted by atomic mass is 10.0. The maximum Gasteiger partial charge on any atom is 0.213 e. The molecule has 0 atom stereocenters. The predicted octanol–water partition coefficient (Wildman–Crippen LogP) is 2.58. The van der Waals surface area contributed by atoms with Crippen LogP contribution < -0.4 is 0 Å². The topological polar surface area (TPSA) is 67.6 Å². The molecule has 0 fully saturated rings. The summed E-state index contributed by atoms with van der Waals surface area (Å²) in [6, 6.07) is 8.49. The molecule has 0 bridgehead atoms. The SMILES string of the molecule is CSc1nn2c3c(c(C)nc2c1S(=O)(=O)c1ccccc1)CN(C)CC3. The standard InChI is InChI=1S/C18H20N4O2S2/c1-12-14-11-21(2)10-9-15(14)22-17(19-12)16(18(20-22)25-3)26(23,24)13-7-5-4-6-8-13/h4-8H,9-11H2,1-3H3. The number of aromatic nitrogens is 3. The molecule has 4 rings (SSSR count). The second-order valence-electron chi connectivity index (χ2n) is 6.50. The number of likely N-dealkylation sites (N-methyl/N-ethyl adjacent to an activating group) is 1. The lowest BCUT2D eigenvalue weighted by molar-refractivity contribution is 0.306. The first-order chi connectivity index (χ1) is 12.4. The molecule has 0 amide bonds. The Hall–Kier alpha value is -1.90. The number of nitrogens with zero attached hydrogens (tertiary/aromatic N) is 4. The average Bonchev–Trinajstić information content (AvgIpc) is 3.02. The number of sulfone groups is 1. The van der Waals surface area contributed by atoms with Gasteiger partial charge in [-0.15, -0.1) is 11.8 Å². The summed E-state index contributed by atoms with van der Waals surface area (Å²) in [5.41, 5.74) is 3.51. The van der Waals surface area contributed by atoms with Crippen molar-refractivity contribution in [2.24, 2.45) is 0 Å². The van der Waals surface area contributed by atoms with Crippen LogP contribution in [-0.4, -0.2) is 47.8 Å². The first-order valence-electron chi connectivity index (χ1n) is 8.37. The zero-order chi connectivity index (χ0) is 18.5. The van der Waals surface area contributed by atoms with Gasteiger partial charge in [0.1, 0.15) is 5.03 Å². The molecule has 2 aromatic heterocycles. The molecule has 0 saturated carbocycles. The van der Waals surface area contributed by atoms with E-state index in [1.165, 1.54) is 11.8 Å². The fraction of sp³-hybridized carbons (Fsp3) is 0.333. The van der Waals surface area contributed by atoms with Crippen LogP contribution in [0.25, 0.3) is 5.65 Å². The largest absolute Gasteiger partial charge is 0.302 e. The van der Waals surface area contributed by atoms with E-state index in [9.17, 15) is 8.42 Å². The summed E-state index contributed by atoms with van der Waals surface area (Å²) in [6.07, 6.45) is 2.67. The Kier molecular flexibility index (Phi) is 4.29. The molecule has 3 aromatic rings. The first-order valence-corrected chi connectivity index (χ1v) is 11.1. The van der Waals surface area contributed by atoms with Gasteiger partial charge in [0.25, 0.3) is 0 Å². The van der Waals surface area contributed by atoms with Gasteiger partial charge in [-0.05, 0) is 32.4 Å². The van der Waals surface area contributed by atoms with Crippen molar-refractivity contribution in [1.29, 1.82) is 0 Å². The molecule has 136 valence electrons. The summed E-state index contributed by atoms with van der Waals surface area (Å²) in [5, 5.41) is 5.12. The van der Waals surface area contributed by atoms with Crippen LogP contribution in [0.15, 0.2) is 45.1 Å². The quantitative estimate of drug-likeness (QED) is 0.643. The van der Waals surface area contributed by atoms with E-state index < -0.39 is 9.84 Å². The summed E-state index contributed by atoms with van der Waals surface area (Å²) >= 11 is 1.34. The highest BCUT2D eigenvalue weighted by atomic mass is 32.2. The number of thioether (sulfide) groups is 1. The number of benzene rings is 1. The van der Waals surface area contributed by atoms with Crippen LogP contribution in [0.1, 0.15) is 17.0 Å². The second kappa shape index (κ2) is 6.37.